The number of hydrogen-bond donors (Lipinski definition) is 0. The molecular weight excluding hydrogens is 217 g/mol. The molecule has 1 aliphatic heterocycles. The van der Waals surface area contributed by atoms with Gasteiger partial charge in [0.05, 0.1) is 0 Å². The summed E-state index contributed by atoms with van der Waals surface area (Å²) in [5.74, 6) is 0.151. The van der Waals surface area contributed by atoms with Gasteiger partial charge in [-0.2, -0.15) is 0 Å². The lowest BCUT2D eigenvalue weighted by Gasteiger charge is -2.37. The number of piperidine rings is 1. The number of hydrogen-bond acceptors (Lipinski definition) is 2. The van der Waals surface area contributed by atoms with Gasteiger partial charge in [-0.15, -0.1) is 0 Å². The minimum Gasteiger partial charge on any atom is -0.300 e. The van der Waals surface area contributed by atoms with Crippen LogP contribution >= 0.6 is 0 Å². The Morgan fingerprint density at radius 3 is 2.76 bits per heavy atom. The Kier molecular flexibility index (Phi) is 3.57. The summed E-state index contributed by atoms with van der Waals surface area (Å²) in [6, 6.07) is 7.10. The molecule has 1 fully saturated rings. The van der Waals surface area contributed by atoms with Gasteiger partial charge in [0, 0.05) is 37.0 Å². The van der Waals surface area contributed by atoms with Crippen LogP contribution in [0, 0.1) is 5.82 Å². The van der Waals surface area contributed by atoms with E-state index >= 15 is 0 Å². The molecule has 1 saturated heterocycles. The molecule has 2 rings (SSSR count). The van der Waals surface area contributed by atoms with Crippen molar-refractivity contribution in [2.24, 2.45) is 0 Å². The van der Waals surface area contributed by atoms with Gasteiger partial charge in [0.2, 0.25) is 0 Å². The predicted molar refractivity (Wildman–Crippen MR) is 65.2 cm³/mol. The smallest absolute Gasteiger partial charge is 0.135 e. The first-order valence-corrected chi connectivity index (χ1v) is 6.11. The van der Waals surface area contributed by atoms with Crippen molar-refractivity contribution >= 4 is 5.78 Å². The molecule has 2 unspecified atom stereocenters. The van der Waals surface area contributed by atoms with E-state index < -0.39 is 0 Å². The summed E-state index contributed by atoms with van der Waals surface area (Å²) >= 11 is 0. The highest BCUT2D eigenvalue weighted by atomic mass is 19.1. The summed E-state index contributed by atoms with van der Waals surface area (Å²) in [6.45, 7) is 4.77. The second-order valence-corrected chi connectivity index (χ2v) is 4.78. The molecule has 0 bridgehead atoms. The number of Topliss-reactive ketones (excluding diaryl/α,β-unsaturated/α-hetero) is 1. The molecule has 0 radical (unpaired) electrons. The van der Waals surface area contributed by atoms with Crippen LogP contribution < -0.4 is 0 Å². The third kappa shape index (κ3) is 2.55. The maximum Gasteiger partial charge on any atom is 0.135 e. The van der Waals surface area contributed by atoms with Crippen LogP contribution in [0.1, 0.15) is 38.3 Å². The van der Waals surface area contributed by atoms with Crippen LogP contribution in [-0.2, 0) is 4.79 Å². The van der Waals surface area contributed by atoms with E-state index in [-0.39, 0.29) is 17.9 Å². The molecule has 0 amide bonds. The average molecular weight is 235 g/mol. The molecule has 0 aliphatic carbocycles. The quantitative estimate of drug-likeness (QED) is 0.785. The number of benzene rings is 1. The number of carbonyl (C=O) groups is 1. The van der Waals surface area contributed by atoms with Crippen molar-refractivity contribution in [1.29, 1.82) is 0 Å². The summed E-state index contributed by atoms with van der Waals surface area (Å²) < 4.78 is 13.7. The number of nitrogens with zero attached hydrogens (tertiary/aromatic N) is 1. The van der Waals surface area contributed by atoms with Crippen LogP contribution in [0.4, 0.5) is 4.39 Å². The molecule has 0 N–H and O–H groups in total. The Balaban J connectivity index is 2.17. The monoisotopic (exact) mass is 235 g/mol. The SMILES string of the molecule is CC1CC(=O)CCN1C(C)c1ccccc1F. The van der Waals surface area contributed by atoms with E-state index in [1.807, 2.05) is 26.0 Å². The van der Waals surface area contributed by atoms with Crippen molar-refractivity contribution in [2.45, 2.75) is 38.8 Å². The summed E-state index contributed by atoms with van der Waals surface area (Å²) in [5.41, 5.74) is 0.716. The largest absolute Gasteiger partial charge is 0.300 e. The molecule has 0 saturated carbocycles. The summed E-state index contributed by atoms with van der Waals surface area (Å²) in [7, 11) is 0. The highest BCUT2D eigenvalue weighted by Gasteiger charge is 2.28. The van der Waals surface area contributed by atoms with Crippen molar-refractivity contribution in [3.8, 4) is 0 Å². The Labute approximate surface area is 101 Å². The zero-order chi connectivity index (χ0) is 12.4. The Hall–Kier alpha value is -1.22. The maximum absolute atomic E-state index is 13.7. The Bertz CT molecular complexity index is 418. The van der Waals surface area contributed by atoms with Gasteiger partial charge < -0.3 is 0 Å². The molecular formula is C14H18FNO. The summed E-state index contributed by atoms with van der Waals surface area (Å²) in [5, 5.41) is 0. The number of rotatable bonds is 2. The van der Waals surface area contributed by atoms with Crippen LogP contribution in [0.3, 0.4) is 0 Å². The lowest BCUT2D eigenvalue weighted by Crippen LogP contribution is -2.42. The molecule has 2 nitrogen and oxygen atoms in total. The Morgan fingerprint density at radius 2 is 2.12 bits per heavy atom. The van der Waals surface area contributed by atoms with E-state index in [1.165, 1.54) is 6.07 Å². The van der Waals surface area contributed by atoms with Gasteiger partial charge in [0.25, 0.3) is 0 Å². The van der Waals surface area contributed by atoms with E-state index in [0.29, 0.717) is 24.2 Å². The zero-order valence-corrected chi connectivity index (χ0v) is 10.3. The van der Waals surface area contributed by atoms with Gasteiger partial charge in [-0.3, -0.25) is 9.69 Å². The van der Waals surface area contributed by atoms with Crippen LogP contribution in [0.2, 0.25) is 0 Å². The van der Waals surface area contributed by atoms with Crippen molar-refractivity contribution in [1.82, 2.24) is 4.90 Å². The number of ketones is 1. The fourth-order valence-electron chi connectivity index (χ4n) is 2.59. The van der Waals surface area contributed by atoms with Crippen molar-refractivity contribution in [3.63, 3.8) is 0 Å². The third-order valence-corrected chi connectivity index (χ3v) is 3.59. The van der Waals surface area contributed by atoms with Crippen molar-refractivity contribution < 1.29 is 9.18 Å². The fourth-order valence-corrected chi connectivity index (χ4v) is 2.59. The second kappa shape index (κ2) is 4.96. The van der Waals surface area contributed by atoms with E-state index in [9.17, 15) is 9.18 Å². The first kappa shape index (κ1) is 12.2. The lowest BCUT2D eigenvalue weighted by molar-refractivity contribution is -0.123. The van der Waals surface area contributed by atoms with E-state index in [2.05, 4.69) is 4.90 Å². The van der Waals surface area contributed by atoms with Crippen molar-refractivity contribution in [3.05, 3.63) is 35.6 Å². The standard InChI is InChI=1S/C14H18FNO/c1-10-9-12(17)7-8-16(10)11(2)13-5-3-4-6-14(13)15/h3-6,10-11H,7-9H2,1-2H3. The van der Waals surface area contributed by atoms with Crippen LogP contribution in [0.5, 0.6) is 0 Å². The Morgan fingerprint density at radius 1 is 1.41 bits per heavy atom. The highest BCUT2D eigenvalue weighted by Crippen LogP contribution is 2.28. The maximum atomic E-state index is 13.7. The van der Waals surface area contributed by atoms with E-state index in [1.54, 1.807) is 6.07 Å². The number of likely N-dealkylation sites (tertiary alicyclic amines) is 1. The molecule has 1 heterocycles. The molecule has 3 heteroatoms. The molecule has 2 atom stereocenters. The minimum atomic E-state index is -0.163. The van der Waals surface area contributed by atoms with Crippen LogP contribution in [0.25, 0.3) is 0 Å². The van der Waals surface area contributed by atoms with Gasteiger partial charge in [-0.05, 0) is 19.9 Å². The predicted octanol–water partition coefficient (Wildman–Crippen LogP) is 2.94. The van der Waals surface area contributed by atoms with Crippen LogP contribution in [0.15, 0.2) is 24.3 Å². The van der Waals surface area contributed by atoms with E-state index in [0.717, 1.165) is 6.54 Å². The normalized spacial score (nSPS) is 23.7. The number of halogens is 1. The highest BCUT2D eigenvalue weighted by molar-refractivity contribution is 5.79. The summed E-state index contributed by atoms with van der Waals surface area (Å²) in [4.78, 5) is 13.6. The molecule has 0 spiro atoms. The fraction of sp³-hybridized carbons (Fsp3) is 0.500. The molecule has 1 aliphatic rings. The average Bonchev–Trinajstić information content (AvgIpc) is 2.29. The molecule has 0 aromatic heterocycles. The number of carbonyl (C=O) groups excluding carboxylic acids is 1. The molecule has 1 aromatic carbocycles. The lowest BCUT2D eigenvalue weighted by atomic mass is 9.97. The van der Waals surface area contributed by atoms with E-state index in [4.69, 9.17) is 0 Å². The first-order chi connectivity index (χ1) is 8.09. The summed E-state index contributed by atoms with van der Waals surface area (Å²) in [6.07, 6.45) is 1.17. The topological polar surface area (TPSA) is 20.3 Å². The van der Waals surface area contributed by atoms with Gasteiger partial charge in [0.1, 0.15) is 11.6 Å². The zero-order valence-electron chi connectivity index (χ0n) is 10.3. The molecule has 92 valence electrons. The second-order valence-electron chi connectivity index (χ2n) is 4.78. The van der Waals surface area contributed by atoms with Gasteiger partial charge in [-0.1, -0.05) is 18.2 Å². The van der Waals surface area contributed by atoms with Gasteiger partial charge in [0.15, 0.2) is 0 Å². The van der Waals surface area contributed by atoms with Crippen molar-refractivity contribution in [2.75, 3.05) is 6.54 Å². The van der Waals surface area contributed by atoms with Gasteiger partial charge in [-0.25, -0.2) is 4.39 Å². The molecule has 1 aromatic rings. The van der Waals surface area contributed by atoms with Crippen LogP contribution in [-0.4, -0.2) is 23.3 Å². The third-order valence-electron chi connectivity index (χ3n) is 3.59. The minimum absolute atomic E-state index is 0.0271. The molecule has 17 heavy (non-hydrogen) atoms. The van der Waals surface area contributed by atoms with Gasteiger partial charge >= 0.3 is 0 Å². The first-order valence-electron chi connectivity index (χ1n) is 6.11.